The molecule has 0 rings (SSSR count). The first kappa shape index (κ1) is 28.7. The van der Waals surface area contributed by atoms with Crippen LogP contribution in [0, 0.1) is 0 Å². The van der Waals surface area contributed by atoms with E-state index in [1.807, 2.05) is 6.92 Å². The molecule has 0 spiro atoms. The van der Waals surface area contributed by atoms with E-state index in [0.29, 0.717) is 19.6 Å². The zero-order valence-corrected chi connectivity index (χ0v) is 20.0. The number of unbranched alkanes of at least 4 members (excludes halogenated alkanes) is 14. The molecule has 0 heterocycles. The maximum atomic E-state index is 11.6. The molecule has 0 aliphatic carbocycles. The zero-order chi connectivity index (χ0) is 22.3. The molecule has 176 valence electrons. The number of hydrogen-bond donors (Lipinski definition) is 0. The highest BCUT2D eigenvalue weighted by Crippen LogP contribution is 2.13. The van der Waals surface area contributed by atoms with E-state index in [9.17, 15) is 9.59 Å². The fourth-order valence-electron chi connectivity index (χ4n) is 3.35. The van der Waals surface area contributed by atoms with Gasteiger partial charge in [-0.15, -0.1) is 6.58 Å². The quantitative estimate of drug-likeness (QED) is 0.101. The van der Waals surface area contributed by atoms with Crippen molar-refractivity contribution in [3.63, 3.8) is 0 Å². The van der Waals surface area contributed by atoms with Crippen molar-refractivity contribution in [1.82, 2.24) is 0 Å². The number of hydrogen-bond acceptors (Lipinski definition) is 4. The summed E-state index contributed by atoms with van der Waals surface area (Å²) >= 11 is 0. The topological polar surface area (TPSA) is 52.6 Å². The highest BCUT2D eigenvalue weighted by Gasteiger charge is 2.09. The summed E-state index contributed by atoms with van der Waals surface area (Å²) in [4.78, 5) is 23.1. The van der Waals surface area contributed by atoms with Gasteiger partial charge in [-0.1, -0.05) is 102 Å². The van der Waals surface area contributed by atoms with E-state index in [0.717, 1.165) is 18.4 Å². The molecule has 0 unspecified atom stereocenters. The van der Waals surface area contributed by atoms with Crippen molar-refractivity contribution in [2.75, 3.05) is 13.2 Å². The fraction of sp³-hybridized carbons (Fsp3) is 0.846. The normalized spacial score (nSPS) is 10.7. The van der Waals surface area contributed by atoms with Gasteiger partial charge in [0.05, 0.1) is 26.1 Å². The third-order valence-corrected chi connectivity index (χ3v) is 5.34. The van der Waals surface area contributed by atoms with Gasteiger partial charge in [0.2, 0.25) is 0 Å². The van der Waals surface area contributed by atoms with Crippen LogP contribution in [0.5, 0.6) is 0 Å². The minimum atomic E-state index is -0.347. The molecule has 0 saturated carbocycles. The first-order valence-electron chi connectivity index (χ1n) is 12.5. The Kier molecular flexibility index (Phi) is 21.4. The van der Waals surface area contributed by atoms with Gasteiger partial charge < -0.3 is 9.47 Å². The van der Waals surface area contributed by atoms with Crippen LogP contribution >= 0.6 is 0 Å². The SMILES string of the molecule is C=C(C)CCOC(=O)CCC(=O)OCCCCCCCCCCCCCCCCC. The van der Waals surface area contributed by atoms with Gasteiger partial charge in [0.1, 0.15) is 0 Å². The lowest BCUT2D eigenvalue weighted by atomic mass is 10.0. The van der Waals surface area contributed by atoms with Crippen LogP contribution in [0.1, 0.15) is 129 Å². The van der Waals surface area contributed by atoms with Crippen LogP contribution < -0.4 is 0 Å². The van der Waals surface area contributed by atoms with Crippen molar-refractivity contribution < 1.29 is 19.1 Å². The highest BCUT2D eigenvalue weighted by atomic mass is 16.5. The number of rotatable bonds is 22. The fourth-order valence-corrected chi connectivity index (χ4v) is 3.35. The number of esters is 2. The van der Waals surface area contributed by atoms with E-state index in [1.165, 1.54) is 83.5 Å². The van der Waals surface area contributed by atoms with Gasteiger partial charge in [0.25, 0.3) is 0 Å². The van der Waals surface area contributed by atoms with Gasteiger partial charge in [0, 0.05) is 6.42 Å². The van der Waals surface area contributed by atoms with E-state index in [-0.39, 0.29) is 24.8 Å². The Morgan fingerprint density at radius 1 is 0.567 bits per heavy atom. The third kappa shape index (κ3) is 23.0. The van der Waals surface area contributed by atoms with Crippen molar-refractivity contribution in [3.8, 4) is 0 Å². The third-order valence-electron chi connectivity index (χ3n) is 5.34. The van der Waals surface area contributed by atoms with Crippen LogP contribution in [0.2, 0.25) is 0 Å². The van der Waals surface area contributed by atoms with E-state index < -0.39 is 0 Å². The van der Waals surface area contributed by atoms with Crippen molar-refractivity contribution >= 4 is 11.9 Å². The molecular weight excluding hydrogens is 376 g/mol. The predicted octanol–water partition coefficient (Wildman–Crippen LogP) is 7.69. The summed E-state index contributed by atoms with van der Waals surface area (Å²) in [6.45, 7) is 8.71. The Hall–Kier alpha value is -1.32. The number of carbonyl (C=O) groups excluding carboxylic acids is 2. The standard InChI is InChI=1S/C26H48O4/c1-4-5-6-7-8-9-10-11-12-13-14-15-16-17-18-22-29-25(27)19-20-26(28)30-23-21-24(2)3/h2,4-23H2,1,3H3. The molecule has 0 atom stereocenters. The molecule has 4 nitrogen and oxygen atoms in total. The monoisotopic (exact) mass is 424 g/mol. The predicted molar refractivity (Wildman–Crippen MR) is 126 cm³/mol. The maximum Gasteiger partial charge on any atom is 0.306 e. The molecule has 0 amide bonds. The number of carbonyl (C=O) groups is 2. The summed E-state index contributed by atoms with van der Waals surface area (Å²) in [5, 5.41) is 0. The molecule has 0 aromatic rings. The summed E-state index contributed by atoms with van der Waals surface area (Å²) in [6.07, 6.45) is 20.6. The lowest BCUT2D eigenvalue weighted by Gasteiger charge is -2.06. The molecule has 0 fully saturated rings. The molecule has 0 aromatic carbocycles. The van der Waals surface area contributed by atoms with Crippen LogP contribution in [0.25, 0.3) is 0 Å². The maximum absolute atomic E-state index is 11.6. The highest BCUT2D eigenvalue weighted by molar-refractivity contribution is 5.77. The van der Waals surface area contributed by atoms with E-state index in [1.54, 1.807) is 0 Å². The molecule has 4 heteroatoms. The molecule has 0 aliphatic rings. The second-order valence-corrected chi connectivity index (χ2v) is 8.60. The van der Waals surface area contributed by atoms with E-state index in [4.69, 9.17) is 9.47 Å². The average Bonchev–Trinajstić information content (AvgIpc) is 2.71. The van der Waals surface area contributed by atoms with Crippen LogP contribution in [-0.4, -0.2) is 25.2 Å². The van der Waals surface area contributed by atoms with E-state index >= 15 is 0 Å². The molecule has 0 N–H and O–H groups in total. The van der Waals surface area contributed by atoms with Crippen molar-refractivity contribution in [1.29, 1.82) is 0 Å². The lowest BCUT2D eigenvalue weighted by molar-refractivity contribution is -0.150. The van der Waals surface area contributed by atoms with Gasteiger partial charge in [-0.25, -0.2) is 0 Å². The lowest BCUT2D eigenvalue weighted by Crippen LogP contribution is -2.11. The summed E-state index contributed by atoms with van der Waals surface area (Å²) in [5.41, 5.74) is 0.978. The van der Waals surface area contributed by atoms with Crippen molar-refractivity contribution in [3.05, 3.63) is 12.2 Å². The van der Waals surface area contributed by atoms with E-state index in [2.05, 4.69) is 13.5 Å². The minimum Gasteiger partial charge on any atom is -0.466 e. The first-order chi connectivity index (χ1) is 14.6. The Balaban J connectivity index is 3.25. The van der Waals surface area contributed by atoms with Crippen LogP contribution in [0.4, 0.5) is 0 Å². The Bertz CT molecular complexity index is 431. The smallest absolute Gasteiger partial charge is 0.306 e. The van der Waals surface area contributed by atoms with Crippen molar-refractivity contribution in [2.45, 2.75) is 129 Å². The van der Waals surface area contributed by atoms with Crippen molar-refractivity contribution in [2.24, 2.45) is 0 Å². The van der Waals surface area contributed by atoms with Gasteiger partial charge in [-0.2, -0.15) is 0 Å². The van der Waals surface area contributed by atoms with Crippen LogP contribution in [0.3, 0.4) is 0 Å². The molecule has 30 heavy (non-hydrogen) atoms. The second kappa shape index (κ2) is 22.4. The summed E-state index contributed by atoms with van der Waals surface area (Å²) in [5.74, 6) is -0.655. The van der Waals surface area contributed by atoms with Gasteiger partial charge in [0.15, 0.2) is 0 Å². The van der Waals surface area contributed by atoms with Gasteiger partial charge in [-0.05, 0) is 13.3 Å². The van der Waals surface area contributed by atoms with Gasteiger partial charge >= 0.3 is 11.9 Å². The molecular formula is C26H48O4. The average molecular weight is 425 g/mol. The Morgan fingerprint density at radius 2 is 0.933 bits per heavy atom. The Labute approximate surface area is 186 Å². The Morgan fingerprint density at radius 3 is 1.33 bits per heavy atom. The molecule has 0 saturated heterocycles. The minimum absolute atomic E-state index is 0.0912. The molecule has 0 radical (unpaired) electrons. The van der Waals surface area contributed by atoms with Crippen LogP contribution in [0.15, 0.2) is 12.2 Å². The van der Waals surface area contributed by atoms with Gasteiger partial charge in [-0.3, -0.25) is 9.59 Å². The van der Waals surface area contributed by atoms with Crippen LogP contribution in [-0.2, 0) is 19.1 Å². The second-order valence-electron chi connectivity index (χ2n) is 8.60. The summed E-state index contributed by atoms with van der Waals surface area (Å²) in [6, 6.07) is 0. The molecule has 0 aliphatic heterocycles. The summed E-state index contributed by atoms with van der Waals surface area (Å²) < 4.78 is 10.2. The zero-order valence-electron chi connectivity index (χ0n) is 20.0. The summed E-state index contributed by atoms with van der Waals surface area (Å²) in [7, 11) is 0. The number of ether oxygens (including phenoxy) is 2. The largest absolute Gasteiger partial charge is 0.466 e. The molecule has 0 bridgehead atoms. The first-order valence-corrected chi connectivity index (χ1v) is 12.5. The molecule has 0 aromatic heterocycles.